The lowest BCUT2D eigenvalue weighted by molar-refractivity contribution is -0.119. The van der Waals surface area contributed by atoms with Crippen molar-refractivity contribution in [1.82, 2.24) is 9.99 Å². The highest BCUT2D eigenvalue weighted by molar-refractivity contribution is 6.04. The third-order valence-corrected chi connectivity index (χ3v) is 3.22. The van der Waals surface area contributed by atoms with Gasteiger partial charge in [0, 0.05) is 18.1 Å². The smallest absolute Gasteiger partial charge is 0.140 e. The van der Waals surface area contributed by atoms with E-state index in [-0.39, 0.29) is 17.7 Å². The molecule has 17 heavy (non-hydrogen) atoms. The summed E-state index contributed by atoms with van der Waals surface area (Å²) in [6.45, 7) is 6.34. The Balaban J connectivity index is 2.12. The Labute approximate surface area is 101 Å². The number of carbonyl (C=O) groups excluding carboxylic acids is 1. The highest BCUT2D eigenvalue weighted by Gasteiger charge is 2.34. The molecule has 0 aromatic carbocycles. The van der Waals surface area contributed by atoms with Crippen molar-refractivity contribution in [1.29, 1.82) is 0 Å². The number of hydrogen-bond acceptors (Lipinski definition) is 4. The first-order valence-electron chi connectivity index (χ1n) is 5.80. The summed E-state index contributed by atoms with van der Waals surface area (Å²) in [5, 5.41) is 6.46. The van der Waals surface area contributed by atoms with Gasteiger partial charge in [0.05, 0.1) is 18.5 Å². The Hall–Kier alpha value is -1.71. The van der Waals surface area contributed by atoms with Crippen molar-refractivity contribution in [2.45, 2.75) is 33.4 Å². The molecule has 1 aromatic heterocycles. The second kappa shape index (κ2) is 4.65. The molecule has 0 N–H and O–H groups in total. The molecule has 90 valence electrons. The SMILES string of the molecule is CC(=O)C1C(C)=NN(Cc2ccncc2)C1C. The van der Waals surface area contributed by atoms with E-state index in [0.717, 1.165) is 17.8 Å². The van der Waals surface area contributed by atoms with E-state index >= 15 is 0 Å². The van der Waals surface area contributed by atoms with Gasteiger partial charge in [0.1, 0.15) is 5.78 Å². The summed E-state index contributed by atoms with van der Waals surface area (Å²) >= 11 is 0. The van der Waals surface area contributed by atoms with E-state index in [9.17, 15) is 4.79 Å². The van der Waals surface area contributed by atoms with E-state index in [1.54, 1.807) is 19.3 Å². The molecule has 2 heterocycles. The van der Waals surface area contributed by atoms with Crippen LogP contribution in [0.2, 0.25) is 0 Å². The van der Waals surface area contributed by atoms with Gasteiger partial charge in [0.2, 0.25) is 0 Å². The maximum atomic E-state index is 11.5. The molecule has 2 atom stereocenters. The zero-order valence-electron chi connectivity index (χ0n) is 10.4. The maximum absolute atomic E-state index is 11.5. The summed E-state index contributed by atoms with van der Waals surface area (Å²) in [5.41, 5.74) is 2.08. The van der Waals surface area contributed by atoms with Crippen LogP contribution >= 0.6 is 0 Å². The molecule has 2 rings (SSSR count). The van der Waals surface area contributed by atoms with E-state index in [1.165, 1.54) is 0 Å². The normalized spacial score (nSPS) is 23.7. The van der Waals surface area contributed by atoms with Gasteiger partial charge in [-0.3, -0.25) is 14.8 Å². The molecular weight excluding hydrogens is 214 g/mol. The first-order chi connectivity index (χ1) is 8.09. The number of carbonyl (C=O) groups is 1. The van der Waals surface area contributed by atoms with Gasteiger partial charge in [-0.1, -0.05) is 0 Å². The molecule has 1 aliphatic rings. The summed E-state index contributed by atoms with van der Waals surface area (Å²) < 4.78 is 0. The van der Waals surface area contributed by atoms with Gasteiger partial charge in [0.15, 0.2) is 0 Å². The summed E-state index contributed by atoms with van der Waals surface area (Å²) in [5.74, 6) is 0.132. The average molecular weight is 231 g/mol. The molecule has 4 heteroatoms. The van der Waals surface area contributed by atoms with Crippen LogP contribution in [0.3, 0.4) is 0 Å². The van der Waals surface area contributed by atoms with Crippen LogP contribution in [0.5, 0.6) is 0 Å². The zero-order chi connectivity index (χ0) is 12.4. The maximum Gasteiger partial charge on any atom is 0.140 e. The molecule has 0 radical (unpaired) electrons. The highest BCUT2D eigenvalue weighted by atomic mass is 16.1. The van der Waals surface area contributed by atoms with Gasteiger partial charge >= 0.3 is 0 Å². The van der Waals surface area contributed by atoms with Crippen molar-refractivity contribution in [3.8, 4) is 0 Å². The quantitative estimate of drug-likeness (QED) is 0.797. The molecule has 0 spiro atoms. The molecule has 1 aromatic rings. The van der Waals surface area contributed by atoms with Crippen molar-refractivity contribution in [2.75, 3.05) is 0 Å². The number of aromatic nitrogens is 1. The zero-order valence-corrected chi connectivity index (χ0v) is 10.4. The van der Waals surface area contributed by atoms with Crippen molar-refractivity contribution in [3.63, 3.8) is 0 Å². The molecule has 4 nitrogen and oxygen atoms in total. The lowest BCUT2D eigenvalue weighted by Crippen LogP contribution is -2.33. The number of pyridine rings is 1. The van der Waals surface area contributed by atoms with E-state index in [2.05, 4.69) is 10.1 Å². The standard InChI is InChI=1S/C13H17N3O/c1-9-13(11(3)17)10(2)16(15-9)8-12-4-6-14-7-5-12/h4-7,10,13H,8H2,1-3H3. The predicted molar refractivity (Wildman–Crippen MR) is 66.5 cm³/mol. The molecule has 0 fully saturated rings. The molecule has 0 aliphatic carbocycles. The summed E-state index contributed by atoms with van der Waals surface area (Å²) in [7, 11) is 0. The number of rotatable bonds is 3. The Morgan fingerprint density at radius 3 is 2.59 bits per heavy atom. The van der Waals surface area contributed by atoms with E-state index in [4.69, 9.17) is 0 Å². The van der Waals surface area contributed by atoms with Crippen LogP contribution in [0.4, 0.5) is 0 Å². The highest BCUT2D eigenvalue weighted by Crippen LogP contribution is 2.24. The third kappa shape index (κ3) is 2.35. The van der Waals surface area contributed by atoms with E-state index in [1.807, 2.05) is 31.0 Å². The lowest BCUT2D eigenvalue weighted by Gasteiger charge is -2.23. The van der Waals surface area contributed by atoms with Gasteiger partial charge in [-0.2, -0.15) is 5.10 Å². The Morgan fingerprint density at radius 2 is 2.06 bits per heavy atom. The Morgan fingerprint density at radius 1 is 1.41 bits per heavy atom. The van der Waals surface area contributed by atoms with Crippen molar-refractivity contribution >= 4 is 11.5 Å². The third-order valence-electron chi connectivity index (χ3n) is 3.22. The first-order valence-corrected chi connectivity index (χ1v) is 5.80. The lowest BCUT2D eigenvalue weighted by atomic mass is 9.94. The van der Waals surface area contributed by atoms with Crippen LogP contribution in [0.1, 0.15) is 26.3 Å². The van der Waals surface area contributed by atoms with Crippen LogP contribution in [-0.4, -0.2) is 27.5 Å². The van der Waals surface area contributed by atoms with Gasteiger partial charge in [-0.15, -0.1) is 0 Å². The predicted octanol–water partition coefficient (Wildman–Crippen LogP) is 1.87. The van der Waals surface area contributed by atoms with E-state index in [0.29, 0.717) is 0 Å². The van der Waals surface area contributed by atoms with Gasteiger partial charge in [0.25, 0.3) is 0 Å². The minimum atomic E-state index is -0.0585. The molecule has 0 saturated heterocycles. The number of hydrazone groups is 1. The number of ketones is 1. The van der Waals surface area contributed by atoms with Crippen LogP contribution in [0.25, 0.3) is 0 Å². The fourth-order valence-electron chi connectivity index (χ4n) is 2.37. The average Bonchev–Trinajstić information content (AvgIpc) is 2.55. The summed E-state index contributed by atoms with van der Waals surface area (Å²) in [4.78, 5) is 15.5. The fraction of sp³-hybridized carbons (Fsp3) is 0.462. The number of hydrogen-bond donors (Lipinski definition) is 0. The fourth-order valence-corrected chi connectivity index (χ4v) is 2.37. The number of Topliss-reactive ketones (excluding diaryl/α,β-unsaturated/α-hetero) is 1. The molecule has 2 unspecified atom stereocenters. The first kappa shape index (κ1) is 11.8. The molecule has 0 saturated carbocycles. The largest absolute Gasteiger partial charge is 0.299 e. The Kier molecular flexibility index (Phi) is 3.22. The molecule has 0 bridgehead atoms. The monoisotopic (exact) mass is 231 g/mol. The van der Waals surface area contributed by atoms with Gasteiger partial charge in [-0.05, 0) is 38.5 Å². The van der Waals surface area contributed by atoms with Crippen LogP contribution in [0.15, 0.2) is 29.6 Å². The van der Waals surface area contributed by atoms with E-state index < -0.39 is 0 Å². The molecular formula is C13H17N3O. The van der Waals surface area contributed by atoms with Gasteiger partial charge < -0.3 is 0 Å². The summed E-state index contributed by atoms with van der Waals surface area (Å²) in [6, 6.07) is 4.08. The second-order valence-corrected chi connectivity index (χ2v) is 4.52. The minimum absolute atomic E-state index is 0.0585. The Bertz CT molecular complexity index is 441. The molecule has 0 amide bonds. The van der Waals surface area contributed by atoms with Crippen LogP contribution < -0.4 is 0 Å². The van der Waals surface area contributed by atoms with Crippen molar-refractivity contribution in [3.05, 3.63) is 30.1 Å². The second-order valence-electron chi connectivity index (χ2n) is 4.52. The van der Waals surface area contributed by atoms with Crippen LogP contribution in [-0.2, 0) is 11.3 Å². The number of nitrogens with zero attached hydrogens (tertiary/aromatic N) is 3. The molecule has 1 aliphatic heterocycles. The van der Waals surface area contributed by atoms with Crippen molar-refractivity contribution in [2.24, 2.45) is 11.0 Å². The van der Waals surface area contributed by atoms with Gasteiger partial charge in [-0.25, -0.2) is 0 Å². The van der Waals surface area contributed by atoms with Crippen molar-refractivity contribution < 1.29 is 4.79 Å². The minimum Gasteiger partial charge on any atom is -0.299 e. The topological polar surface area (TPSA) is 45.6 Å². The van der Waals surface area contributed by atoms with Crippen LogP contribution in [0, 0.1) is 5.92 Å². The summed E-state index contributed by atoms with van der Waals surface area (Å²) in [6.07, 6.45) is 3.55.